The molecule has 0 heterocycles. The second-order valence-corrected chi connectivity index (χ2v) is 4.06. The van der Waals surface area contributed by atoms with Gasteiger partial charge in [-0.1, -0.05) is 11.6 Å². The van der Waals surface area contributed by atoms with E-state index in [9.17, 15) is 9.59 Å². The Kier molecular flexibility index (Phi) is 4.20. The smallest absolute Gasteiger partial charge is 0.409 e. The van der Waals surface area contributed by atoms with E-state index in [2.05, 4.69) is 5.32 Å². The van der Waals surface area contributed by atoms with Crippen molar-refractivity contribution in [1.82, 2.24) is 5.32 Å². The van der Waals surface area contributed by atoms with Gasteiger partial charge in [-0.15, -0.1) is 0 Å². The number of Topliss-reactive ketones (excluding diaryl/α,β-unsaturated/α-hetero) is 1. The summed E-state index contributed by atoms with van der Waals surface area (Å²) in [6.07, 6.45) is -0.692. The normalized spacial score (nSPS) is 13.3. The molecule has 5 heteroatoms. The molecule has 13 heavy (non-hydrogen) atoms. The molecule has 0 saturated carbocycles. The number of rotatable bonds is 2. The van der Waals surface area contributed by atoms with Crippen LogP contribution in [0.25, 0.3) is 0 Å². The summed E-state index contributed by atoms with van der Waals surface area (Å²) in [4.78, 5) is 21.6. The van der Waals surface area contributed by atoms with Crippen LogP contribution in [-0.2, 0) is 9.53 Å². The average molecular weight is 208 g/mol. The van der Waals surface area contributed by atoms with Crippen molar-refractivity contribution in [3.8, 4) is 0 Å². The number of carbonyl (C=O) groups is 2. The van der Waals surface area contributed by atoms with Gasteiger partial charge in [0.2, 0.25) is 0 Å². The van der Waals surface area contributed by atoms with E-state index in [1.54, 1.807) is 20.8 Å². The highest BCUT2D eigenvalue weighted by atomic mass is 35.5. The first-order chi connectivity index (χ1) is 5.72. The predicted molar refractivity (Wildman–Crippen MR) is 49.7 cm³/mol. The van der Waals surface area contributed by atoms with Crippen LogP contribution in [-0.4, -0.2) is 23.0 Å². The molecule has 1 atom stereocenters. The minimum atomic E-state index is -1.02. The summed E-state index contributed by atoms with van der Waals surface area (Å²) in [7, 11) is 0. The molecule has 0 aromatic heterocycles. The SMILES string of the molecule is CC(=O)C(Cl)NC(=O)OC(C)(C)C. The largest absolute Gasteiger partial charge is 0.444 e. The van der Waals surface area contributed by atoms with Crippen LogP contribution in [0.2, 0.25) is 0 Å². The maximum absolute atomic E-state index is 11.0. The molecule has 0 aromatic carbocycles. The fourth-order valence-electron chi connectivity index (χ4n) is 0.513. The van der Waals surface area contributed by atoms with E-state index in [4.69, 9.17) is 16.3 Å². The summed E-state index contributed by atoms with van der Waals surface area (Å²) < 4.78 is 4.87. The minimum Gasteiger partial charge on any atom is -0.444 e. The van der Waals surface area contributed by atoms with Crippen LogP contribution in [0, 0.1) is 0 Å². The first-order valence-corrected chi connectivity index (χ1v) is 4.30. The lowest BCUT2D eigenvalue weighted by atomic mass is 10.2. The number of halogens is 1. The van der Waals surface area contributed by atoms with E-state index in [0.717, 1.165) is 0 Å². The summed E-state index contributed by atoms with van der Waals surface area (Å²) in [5.41, 5.74) is -1.60. The molecule has 1 amide bonds. The Balaban J connectivity index is 3.96. The number of hydrogen-bond donors (Lipinski definition) is 1. The summed E-state index contributed by atoms with van der Waals surface area (Å²) in [6.45, 7) is 6.46. The maximum Gasteiger partial charge on any atom is 0.409 e. The Morgan fingerprint density at radius 2 is 1.85 bits per heavy atom. The van der Waals surface area contributed by atoms with Crippen molar-refractivity contribution in [3.05, 3.63) is 0 Å². The standard InChI is InChI=1S/C8H14ClNO3/c1-5(11)6(9)10-7(12)13-8(2,3)4/h6H,1-4H3,(H,10,12). The molecule has 0 radical (unpaired) electrons. The molecule has 0 fully saturated rings. The van der Waals surface area contributed by atoms with Gasteiger partial charge in [-0.05, 0) is 27.7 Å². The summed E-state index contributed by atoms with van der Waals surface area (Å²) >= 11 is 5.48. The summed E-state index contributed by atoms with van der Waals surface area (Å²) in [5, 5.41) is 2.19. The van der Waals surface area contributed by atoms with Crippen LogP contribution in [0.5, 0.6) is 0 Å². The predicted octanol–water partition coefficient (Wildman–Crippen LogP) is 1.67. The van der Waals surface area contributed by atoms with Crippen LogP contribution in [0.3, 0.4) is 0 Å². The Labute approximate surface area is 82.6 Å². The minimum absolute atomic E-state index is 0.326. The van der Waals surface area contributed by atoms with Crippen molar-refractivity contribution in [2.24, 2.45) is 0 Å². The van der Waals surface area contributed by atoms with Crippen LogP contribution in [0.4, 0.5) is 4.79 Å². The van der Waals surface area contributed by atoms with E-state index in [1.807, 2.05) is 0 Å². The van der Waals surface area contributed by atoms with Crippen molar-refractivity contribution >= 4 is 23.5 Å². The Morgan fingerprint density at radius 3 is 2.15 bits per heavy atom. The molecule has 1 unspecified atom stereocenters. The van der Waals surface area contributed by atoms with Gasteiger partial charge in [0, 0.05) is 0 Å². The van der Waals surface area contributed by atoms with E-state index < -0.39 is 17.2 Å². The third-order valence-electron chi connectivity index (χ3n) is 1.00. The number of alkyl carbamates (subject to hydrolysis) is 1. The van der Waals surface area contributed by atoms with E-state index >= 15 is 0 Å². The van der Waals surface area contributed by atoms with Crippen molar-refractivity contribution in [2.45, 2.75) is 38.8 Å². The monoisotopic (exact) mass is 207 g/mol. The van der Waals surface area contributed by atoms with Crippen LogP contribution < -0.4 is 5.32 Å². The summed E-state index contributed by atoms with van der Waals surface area (Å²) in [6, 6.07) is 0. The van der Waals surface area contributed by atoms with E-state index in [-0.39, 0.29) is 5.78 Å². The van der Waals surface area contributed by atoms with Crippen molar-refractivity contribution in [3.63, 3.8) is 0 Å². The second kappa shape index (κ2) is 4.46. The van der Waals surface area contributed by atoms with Gasteiger partial charge in [-0.2, -0.15) is 0 Å². The number of ether oxygens (including phenoxy) is 1. The third-order valence-corrected chi connectivity index (χ3v) is 1.42. The Hall–Kier alpha value is -0.770. The number of amides is 1. The lowest BCUT2D eigenvalue weighted by molar-refractivity contribution is -0.117. The molecule has 0 aliphatic heterocycles. The molecule has 4 nitrogen and oxygen atoms in total. The molecule has 0 aliphatic carbocycles. The molecule has 0 aromatic rings. The fraction of sp³-hybridized carbons (Fsp3) is 0.750. The lowest BCUT2D eigenvalue weighted by Crippen LogP contribution is -2.39. The van der Waals surface area contributed by atoms with Crippen LogP contribution in [0.15, 0.2) is 0 Å². The molecule has 76 valence electrons. The Morgan fingerprint density at radius 1 is 1.38 bits per heavy atom. The van der Waals surface area contributed by atoms with Crippen molar-refractivity contribution in [2.75, 3.05) is 0 Å². The second-order valence-electron chi connectivity index (χ2n) is 3.62. The zero-order valence-corrected chi connectivity index (χ0v) is 8.94. The van der Waals surface area contributed by atoms with Gasteiger partial charge in [-0.3, -0.25) is 10.1 Å². The number of nitrogens with one attached hydrogen (secondary N) is 1. The molecular weight excluding hydrogens is 194 g/mol. The molecule has 0 saturated heterocycles. The highest BCUT2D eigenvalue weighted by Crippen LogP contribution is 2.07. The van der Waals surface area contributed by atoms with Gasteiger partial charge in [-0.25, -0.2) is 4.79 Å². The van der Waals surface area contributed by atoms with Gasteiger partial charge in [0.25, 0.3) is 0 Å². The first-order valence-electron chi connectivity index (χ1n) is 3.86. The number of ketones is 1. The zero-order chi connectivity index (χ0) is 10.6. The first kappa shape index (κ1) is 12.2. The number of alkyl halides is 1. The third kappa shape index (κ3) is 6.40. The molecule has 0 spiro atoms. The average Bonchev–Trinajstić information content (AvgIpc) is 1.81. The molecule has 0 rings (SSSR count). The van der Waals surface area contributed by atoms with Gasteiger partial charge in [0.15, 0.2) is 11.3 Å². The number of hydrogen-bond acceptors (Lipinski definition) is 3. The quantitative estimate of drug-likeness (QED) is 0.554. The Bertz CT molecular complexity index is 210. The van der Waals surface area contributed by atoms with Gasteiger partial charge < -0.3 is 4.74 Å². The van der Waals surface area contributed by atoms with Gasteiger partial charge in [0.1, 0.15) is 5.60 Å². The van der Waals surface area contributed by atoms with Crippen LogP contribution >= 0.6 is 11.6 Å². The highest BCUT2D eigenvalue weighted by molar-refractivity contribution is 6.31. The highest BCUT2D eigenvalue weighted by Gasteiger charge is 2.19. The van der Waals surface area contributed by atoms with Crippen molar-refractivity contribution < 1.29 is 14.3 Å². The van der Waals surface area contributed by atoms with E-state index in [0.29, 0.717) is 0 Å². The molecule has 0 bridgehead atoms. The van der Waals surface area contributed by atoms with Gasteiger partial charge >= 0.3 is 6.09 Å². The summed E-state index contributed by atoms with van der Waals surface area (Å²) in [5.74, 6) is -0.326. The van der Waals surface area contributed by atoms with Gasteiger partial charge in [0.05, 0.1) is 0 Å². The van der Waals surface area contributed by atoms with Crippen LogP contribution in [0.1, 0.15) is 27.7 Å². The molecule has 0 aliphatic rings. The fourth-order valence-corrected chi connectivity index (χ4v) is 0.602. The maximum atomic E-state index is 11.0. The number of carbonyl (C=O) groups excluding carboxylic acids is 2. The lowest BCUT2D eigenvalue weighted by Gasteiger charge is -2.20. The van der Waals surface area contributed by atoms with E-state index in [1.165, 1.54) is 6.92 Å². The molecular formula is C8H14ClNO3. The topological polar surface area (TPSA) is 55.4 Å². The molecule has 1 N–H and O–H groups in total. The van der Waals surface area contributed by atoms with Crippen molar-refractivity contribution in [1.29, 1.82) is 0 Å². The zero-order valence-electron chi connectivity index (χ0n) is 8.18.